The number of nitrogens with one attached hydrogen (secondary N) is 1. The normalized spacial score (nSPS) is 11.6. The van der Waals surface area contributed by atoms with Crippen molar-refractivity contribution >= 4 is 11.5 Å². The van der Waals surface area contributed by atoms with E-state index in [-0.39, 0.29) is 17.1 Å². The number of benzene rings is 1. The van der Waals surface area contributed by atoms with Gasteiger partial charge in [-0.05, 0) is 26.0 Å². The maximum atomic E-state index is 12.7. The number of nitrogen functional groups attached to an aromatic ring is 1. The summed E-state index contributed by atoms with van der Waals surface area (Å²) in [6, 6.07) is 4.11. The van der Waals surface area contributed by atoms with Crippen molar-refractivity contribution in [3.8, 4) is 5.75 Å². The zero-order valence-corrected chi connectivity index (χ0v) is 11.6. The number of ether oxygens (including phenoxy) is 1. The molecule has 4 nitrogen and oxygen atoms in total. The summed E-state index contributed by atoms with van der Waals surface area (Å²) in [5.41, 5.74) is 5.94. The summed E-state index contributed by atoms with van der Waals surface area (Å²) < 4.78 is 43.2. The Hall–Kier alpha value is -1.92. The van der Waals surface area contributed by atoms with Crippen LogP contribution in [0.2, 0.25) is 0 Å². The quantitative estimate of drug-likeness (QED) is 0.647. The summed E-state index contributed by atoms with van der Waals surface area (Å²) in [4.78, 5) is 1.15. The third-order valence-corrected chi connectivity index (χ3v) is 2.78. The molecule has 0 radical (unpaired) electrons. The number of anilines is 1. The Bertz CT molecular complexity index is 486. The topological polar surface area (TPSA) is 62.3 Å². The minimum Gasteiger partial charge on any atom is -0.497 e. The molecule has 1 aromatic carbocycles. The van der Waals surface area contributed by atoms with Crippen LogP contribution in [0.5, 0.6) is 5.75 Å². The lowest BCUT2D eigenvalue weighted by Crippen LogP contribution is -2.40. The van der Waals surface area contributed by atoms with E-state index in [0.717, 1.165) is 4.90 Å². The highest BCUT2D eigenvalue weighted by Gasteiger charge is 2.33. The molecule has 0 aromatic heterocycles. The van der Waals surface area contributed by atoms with E-state index in [1.807, 2.05) is 0 Å². The average molecular weight is 289 g/mol. The van der Waals surface area contributed by atoms with Crippen LogP contribution in [0.15, 0.2) is 18.2 Å². The number of rotatable bonds is 5. The first-order chi connectivity index (χ1) is 9.15. The molecule has 0 saturated carbocycles. The summed E-state index contributed by atoms with van der Waals surface area (Å²) in [5.74, 6) is 0.133. The molecule has 1 aromatic rings. The van der Waals surface area contributed by atoms with Crippen LogP contribution in [-0.4, -0.2) is 31.7 Å². The monoisotopic (exact) mass is 289 g/mol. The summed E-state index contributed by atoms with van der Waals surface area (Å²) >= 11 is 0. The third-order valence-electron chi connectivity index (χ3n) is 2.78. The number of halogens is 3. The minimum atomic E-state index is -4.35. The fourth-order valence-electron chi connectivity index (χ4n) is 1.84. The van der Waals surface area contributed by atoms with Crippen LogP contribution in [0.3, 0.4) is 0 Å². The lowest BCUT2D eigenvalue weighted by atomic mass is 10.1. The van der Waals surface area contributed by atoms with E-state index < -0.39 is 18.8 Å². The molecule has 0 atom stereocenters. The maximum Gasteiger partial charge on any atom is 0.405 e. The second-order valence-electron chi connectivity index (χ2n) is 4.63. The predicted octanol–water partition coefficient (Wildman–Crippen LogP) is 2.76. The van der Waals surface area contributed by atoms with Crippen molar-refractivity contribution in [2.24, 2.45) is 5.73 Å². The van der Waals surface area contributed by atoms with Crippen LogP contribution >= 0.6 is 0 Å². The second-order valence-corrected chi connectivity index (χ2v) is 4.63. The molecule has 0 aliphatic heterocycles. The Balaban J connectivity index is 3.33. The molecule has 0 fully saturated rings. The van der Waals surface area contributed by atoms with Crippen molar-refractivity contribution in [1.29, 1.82) is 5.41 Å². The van der Waals surface area contributed by atoms with Gasteiger partial charge in [0.1, 0.15) is 18.1 Å². The smallest absolute Gasteiger partial charge is 0.405 e. The van der Waals surface area contributed by atoms with Gasteiger partial charge in [-0.25, -0.2) is 0 Å². The SMILES string of the molecule is COc1ccc(C(=N)N)c(N(CC(F)(F)F)C(C)C)c1. The van der Waals surface area contributed by atoms with Gasteiger partial charge in [-0.15, -0.1) is 0 Å². The highest BCUT2D eigenvalue weighted by Crippen LogP contribution is 2.30. The van der Waals surface area contributed by atoms with Crippen molar-refractivity contribution in [3.63, 3.8) is 0 Å². The van der Waals surface area contributed by atoms with Gasteiger partial charge in [0, 0.05) is 17.7 Å². The summed E-state index contributed by atoms with van der Waals surface area (Å²) in [7, 11) is 1.43. The van der Waals surface area contributed by atoms with Crippen molar-refractivity contribution in [2.75, 3.05) is 18.6 Å². The number of nitrogens with zero attached hydrogens (tertiary/aromatic N) is 1. The van der Waals surface area contributed by atoms with Gasteiger partial charge in [0.05, 0.1) is 12.8 Å². The molecule has 20 heavy (non-hydrogen) atoms. The number of methoxy groups -OCH3 is 1. The van der Waals surface area contributed by atoms with Crippen LogP contribution in [-0.2, 0) is 0 Å². The molecule has 0 amide bonds. The van der Waals surface area contributed by atoms with Crippen molar-refractivity contribution in [1.82, 2.24) is 0 Å². The Morgan fingerprint density at radius 2 is 2.00 bits per heavy atom. The largest absolute Gasteiger partial charge is 0.497 e. The van der Waals surface area contributed by atoms with Crippen molar-refractivity contribution < 1.29 is 17.9 Å². The van der Waals surface area contributed by atoms with Crippen LogP contribution in [0, 0.1) is 5.41 Å². The van der Waals surface area contributed by atoms with E-state index in [1.165, 1.54) is 19.2 Å². The van der Waals surface area contributed by atoms with E-state index in [0.29, 0.717) is 5.75 Å². The fraction of sp³-hybridized carbons (Fsp3) is 0.462. The first-order valence-electron chi connectivity index (χ1n) is 6.01. The highest BCUT2D eigenvalue weighted by molar-refractivity contribution is 6.00. The molecule has 0 heterocycles. The molecule has 0 saturated heterocycles. The Labute approximate surface area is 115 Å². The van der Waals surface area contributed by atoms with Gasteiger partial charge in [-0.2, -0.15) is 13.2 Å². The molecule has 3 N–H and O–H groups in total. The van der Waals surface area contributed by atoms with Crippen LogP contribution in [0.1, 0.15) is 19.4 Å². The van der Waals surface area contributed by atoms with E-state index in [4.69, 9.17) is 15.9 Å². The van der Waals surface area contributed by atoms with Crippen molar-refractivity contribution in [3.05, 3.63) is 23.8 Å². The predicted molar refractivity (Wildman–Crippen MR) is 72.5 cm³/mol. The number of hydrogen-bond acceptors (Lipinski definition) is 3. The van der Waals surface area contributed by atoms with Crippen LogP contribution in [0.25, 0.3) is 0 Å². The lowest BCUT2D eigenvalue weighted by molar-refractivity contribution is -0.120. The van der Waals surface area contributed by atoms with Crippen LogP contribution in [0.4, 0.5) is 18.9 Å². The molecular formula is C13H18F3N3O. The highest BCUT2D eigenvalue weighted by atomic mass is 19.4. The first-order valence-corrected chi connectivity index (χ1v) is 6.01. The molecule has 112 valence electrons. The van der Waals surface area contributed by atoms with Gasteiger partial charge >= 0.3 is 6.18 Å². The van der Waals surface area contributed by atoms with E-state index in [2.05, 4.69) is 0 Å². The average Bonchev–Trinajstić information content (AvgIpc) is 2.33. The molecule has 0 aliphatic rings. The summed E-state index contributed by atoms with van der Waals surface area (Å²) in [6.45, 7) is 2.18. The molecule has 0 spiro atoms. The third kappa shape index (κ3) is 4.04. The number of nitrogens with two attached hydrogens (primary N) is 1. The maximum absolute atomic E-state index is 12.7. The van der Waals surface area contributed by atoms with Crippen molar-refractivity contribution in [2.45, 2.75) is 26.1 Å². The molecule has 0 bridgehead atoms. The number of alkyl halides is 3. The standard InChI is InChI=1S/C13H18F3N3O/c1-8(2)19(7-13(14,15)16)11-6-9(20-3)4-5-10(11)12(17)18/h4-6,8H,7H2,1-3H3,(H3,17,18). The second kappa shape index (κ2) is 6.02. The summed E-state index contributed by atoms with van der Waals surface area (Å²) in [6.07, 6.45) is -4.35. The molecular weight excluding hydrogens is 271 g/mol. The minimum absolute atomic E-state index is 0.240. The van der Waals surface area contributed by atoms with Gasteiger partial charge in [-0.3, -0.25) is 5.41 Å². The molecule has 1 rings (SSSR count). The van der Waals surface area contributed by atoms with Gasteiger partial charge in [-0.1, -0.05) is 0 Å². The number of hydrogen-bond donors (Lipinski definition) is 2. The van der Waals surface area contributed by atoms with Crippen LogP contribution < -0.4 is 15.4 Å². The zero-order valence-electron chi connectivity index (χ0n) is 11.6. The van der Waals surface area contributed by atoms with E-state index >= 15 is 0 Å². The molecule has 7 heteroatoms. The van der Waals surface area contributed by atoms with E-state index in [9.17, 15) is 13.2 Å². The Morgan fingerprint density at radius 1 is 1.40 bits per heavy atom. The first kappa shape index (κ1) is 16.1. The van der Waals surface area contributed by atoms with Gasteiger partial charge in [0.15, 0.2) is 0 Å². The Morgan fingerprint density at radius 3 is 2.40 bits per heavy atom. The Kier molecular flexibility index (Phi) is 4.86. The van der Waals surface area contributed by atoms with Gasteiger partial charge in [0.25, 0.3) is 0 Å². The molecule has 0 aliphatic carbocycles. The van der Waals surface area contributed by atoms with Gasteiger partial charge < -0.3 is 15.4 Å². The fourth-order valence-corrected chi connectivity index (χ4v) is 1.84. The summed E-state index contributed by atoms with van der Waals surface area (Å²) in [5, 5.41) is 7.50. The zero-order chi connectivity index (χ0) is 15.5. The molecule has 0 unspecified atom stereocenters. The number of amidine groups is 1. The van der Waals surface area contributed by atoms with E-state index in [1.54, 1.807) is 19.9 Å². The van der Waals surface area contributed by atoms with Gasteiger partial charge in [0.2, 0.25) is 0 Å². The lowest BCUT2D eigenvalue weighted by Gasteiger charge is -2.31.